The molecular formula is C16H14N2O4. The van der Waals surface area contributed by atoms with Gasteiger partial charge in [-0.15, -0.1) is 0 Å². The Kier molecular flexibility index (Phi) is 3.21. The molecule has 1 heterocycles. The van der Waals surface area contributed by atoms with Crippen LogP contribution in [0.15, 0.2) is 36.4 Å². The van der Waals surface area contributed by atoms with Crippen LogP contribution < -0.4 is 10.6 Å². The fourth-order valence-corrected chi connectivity index (χ4v) is 2.47. The second-order valence-corrected chi connectivity index (χ2v) is 5.15. The Morgan fingerprint density at radius 3 is 2.50 bits per heavy atom. The van der Waals surface area contributed by atoms with Gasteiger partial charge in [-0.3, -0.25) is 14.9 Å². The van der Waals surface area contributed by atoms with Crippen LogP contribution in [0.25, 0.3) is 0 Å². The SMILES string of the molecule is CC(Nc1ccc2c(c1)C(=O)NC2=O)c1cc(O)ccc1O. The molecule has 6 nitrogen and oxygen atoms in total. The van der Waals surface area contributed by atoms with Crippen molar-refractivity contribution in [1.29, 1.82) is 0 Å². The van der Waals surface area contributed by atoms with Crippen molar-refractivity contribution in [1.82, 2.24) is 5.32 Å². The van der Waals surface area contributed by atoms with Crippen molar-refractivity contribution in [2.24, 2.45) is 0 Å². The molecule has 2 amide bonds. The van der Waals surface area contributed by atoms with E-state index in [1.165, 1.54) is 18.2 Å². The zero-order chi connectivity index (χ0) is 15.9. The van der Waals surface area contributed by atoms with Crippen molar-refractivity contribution < 1.29 is 19.8 Å². The fraction of sp³-hybridized carbons (Fsp3) is 0.125. The summed E-state index contributed by atoms with van der Waals surface area (Å²) in [6.07, 6.45) is 0. The Labute approximate surface area is 126 Å². The van der Waals surface area contributed by atoms with E-state index in [0.717, 1.165) is 0 Å². The van der Waals surface area contributed by atoms with Crippen LogP contribution >= 0.6 is 0 Å². The summed E-state index contributed by atoms with van der Waals surface area (Å²) in [6, 6.07) is 8.84. The number of nitrogens with one attached hydrogen (secondary N) is 2. The lowest BCUT2D eigenvalue weighted by Crippen LogP contribution is -2.19. The summed E-state index contributed by atoms with van der Waals surface area (Å²) in [4.78, 5) is 23.1. The van der Waals surface area contributed by atoms with Gasteiger partial charge in [0, 0.05) is 11.3 Å². The van der Waals surface area contributed by atoms with Crippen LogP contribution in [0.5, 0.6) is 11.5 Å². The molecule has 22 heavy (non-hydrogen) atoms. The van der Waals surface area contributed by atoms with Crippen molar-refractivity contribution in [3.8, 4) is 11.5 Å². The number of anilines is 1. The zero-order valence-electron chi connectivity index (χ0n) is 11.8. The van der Waals surface area contributed by atoms with E-state index >= 15 is 0 Å². The second-order valence-electron chi connectivity index (χ2n) is 5.15. The first-order valence-electron chi connectivity index (χ1n) is 6.74. The molecule has 0 aliphatic carbocycles. The normalized spacial score (nSPS) is 14.4. The smallest absolute Gasteiger partial charge is 0.259 e. The monoisotopic (exact) mass is 298 g/mol. The molecule has 1 atom stereocenters. The Balaban J connectivity index is 1.88. The van der Waals surface area contributed by atoms with Gasteiger partial charge in [-0.05, 0) is 43.3 Å². The zero-order valence-corrected chi connectivity index (χ0v) is 11.8. The first kappa shape index (κ1) is 13.9. The number of imide groups is 1. The Morgan fingerprint density at radius 1 is 1.00 bits per heavy atom. The molecule has 2 aromatic carbocycles. The van der Waals surface area contributed by atoms with Crippen LogP contribution in [0.3, 0.4) is 0 Å². The van der Waals surface area contributed by atoms with Crippen LogP contribution in [-0.4, -0.2) is 22.0 Å². The number of aromatic hydroxyl groups is 2. The van der Waals surface area contributed by atoms with Crippen LogP contribution in [0.2, 0.25) is 0 Å². The van der Waals surface area contributed by atoms with E-state index in [0.29, 0.717) is 22.4 Å². The molecule has 0 radical (unpaired) electrons. The number of hydrogen-bond acceptors (Lipinski definition) is 5. The molecule has 0 saturated carbocycles. The summed E-state index contributed by atoms with van der Waals surface area (Å²) in [5.41, 5.74) is 1.84. The molecule has 0 fully saturated rings. The van der Waals surface area contributed by atoms with Crippen LogP contribution in [-0.2, 0) is 0 Å². The van der Waals surface area contributed by atoms with E-state index in [2.05, 4.69) is 10.6 Å². The largest absolute Gasteiger partial charge is 0.508 e. The van der Waals surface area contributed by atoms with Gasteiger partial charge >= 0.3 is 0 Å². The molecule has 0 bridgehead atoms. The molecule has 3 rings (SSSR count). The highest BCUT2D eigenvalue weighted by atomic mass is 16.3. The van der Waals surface area contributed by atoms with E-state index in [4.69, 9.17) is 0 Å². The van der Waals surface area contributed by atoms with Gasteiger partial charge in [0.05, 0.1) is 17.2 Å². The molecule has 6 heteroatoms. The minimum absolute atomic E-state index is 0.0559. The highest BCUT2D eigenvalue weighted by Gasteiger charge is 2.26. The third-order valence-corrected chi connectivity index (χ3v) is 3.60. The number of amides is 2. The van der Waals surface area contributed by atoms with Gasteiger partial charge in [0.15, 0.2) is 0 Å². The molecule has 1 aliphatic rings. The lowest BCUT2D eigenvalue weighted by Gasteiger charge is -2.17. The van der Waals surface area contributed by atoms with E-state index in [-0.39, 0.29) is 17.5 Å². The summed E-state index contributed by atoms with van der Waals surface area (Å²) >= 11 is 0. The topological polar surface area (TPSA) is 98.7 Å². The number of benzene rings is 2. The summed E-state index contributed by atoms with van der Waals surface area (Å²) in [7, 11) is 0. The number of hydrogen-bond donors (Lipinski definition) is 4. The molecule has 1 unspecified atom stereocenters. The first-order chi connectivity index (χ1) is 10.5. The molecule has 1 aliphatic heterocycles. The number of carbonyl (C=O) groups excluding carboxylic acids is 2. The van der Waals surface area contributed by atoms with Crippen molar-refractivity contribution in [2.45, 2.75) is 13.0 Å². The summed E-state index contributed by atoms with van der Waals surface area (Å²) in [5, 5.41) is 24.7. The van der Waals surface area contributed by atoms with Crippen molar-refractivity contribution in [3.63, 3.8) is 0 Å². The predicted molar refractivity (Wildman–Crippen MR) is 80.0 cm³/mol. The van der Waals surface area contributed by atoms with E-state index < -0.39 is 11.8 Å². The van der Waals surface area contributed by atoms with Gasteiger partial charge in [-0.1, -0.05) is 0 Å². The van der Waals surface area contributed by atoms with Gasteiger partial charge in [-0.2, -0.15) is 0 Å². The van der Waals surface area contributed by atoms with Gasteiger partial charge < -0.3 is 15.5 Å². The third kappa shape index (κ3) is 2.35. The highest BCUT2D eigenvalue weighted by molar-refractivity contribution is 6.21. The average Bonchev–Trinajstić information content (AvgIpc) is 2.76. The van der Waals surface area contributed by atoms with Gasteiger partial charge in [0.1, 0.15) is 11.5 Å². The van der Waals surface area contributed by atoms with Gasteiger partial charge in [0.2, 0.25) is 0 Å². The molecule has 0 aromatic heterocycles. The van der Waals surface area contributed by atoms with Gasteiger partial charge in [0.25, 0.3) is 11.8 Å². The number of phenols is 2. The molecule has 2 aromatic rings. The summed E-state index contributed by atoms with van der Waals surface area (Å²) < 4.78 is 0. The summed E-state index contributed by atoms with van der Waals surface area (Å²) in [5.74, 6) is -0.700. The Morgan fingerprint density at radius 2 is 1.73 bits per heavy atom. The van der Waals surface area contributed by atoms with Crippen molar-refractivity contribution in [2.75, 3.05) is 5.32 Å². The maximum absolute atomic E-state index is 11.6. The van der Waals surface area contributed by atoms with Crippen LogP contribution in [0.4, 0.5) is 5.69 Å². The number of rotatable bonds is 3. The molecule has 4 N–H and O–H groups in total. The number of fused-ring (bicyclic) bond motifs is 1. The number of carbonyl (C=O) groups is 2. The van der Waals surface area contributed by atoms with Gasteiger partial charge in [-0.25, -0.2) is 0 Å². The quantitative estimate of drug-likeness (QED) is 0.514. The Hall–Kier alpha value is -3.02. The lowest BCUT2D eigenvalue weighted by molar-refractivity contribution is 0.0879. The first-order valence-corrected chi connectivity index (χ1v) is 6.74. The minimum atomic E-state index is -0.420. The van der Waals surface area contributed by atoms with E-state index in [1.54, 1.807) is 18.2 Å². The number of phenolic OH excluding ortho intramolecular Hbond substituents is 2. The minimum Gasteiger partial charge on any atom is -0.508 e. The van der Waals surface area contributed by atoms with Crippen LogP contribution in [0.1, 0.15) is 39.2 Å². The standard InChI is InChI=1S/C16H14N2O4/c1-8(12-7-10(19)3-5-14(12)20)17-9-2-4-11-13(6-9)16(22)18-15(11)21/h2-8,17,19-20H,1H3,(H,18,21,22). The third-order valence-electron chi connectivity index (χ3n) is 3.60. The molecule has 112 valence electrons. The highest BCUT2D eigenvalue weighted by Crippen LogP contribution is 2.30. The average molecular weight is 298 g/mol. The molecular weight excluding hydrogens is 284 g/mol. The summed E-state index contributed by atoms with van der Waals surface area (Å²) in [6.45, 7) is 1.81. The van der Waals surface area contributed by atoms with E-state index in [9.17, 15) is 19.8 Å². The van der Waals surface area contributed by atoms with E-state index in [1.807, 2.05) is 6.92 Å². The Bertz CT molecular complexity index is 786. The fourth-order valence-electron chi connectivity index (χ4n) is 2.47. The van der Waals surface area contributed by atoms with Crippen molar-refractivity contribution >= 4 is 17.5 Å². The molecule has 0 spiro atoms. The lowest BCUT2D eigenvalue weighted by atomic mass is 10.0. The predicted octanol–water partition coefficient (Wildman–Crippen LogP) is 2.15. The molecule has 0 saturated heterocycles. The van der Waals surface area contributed by atoms with Crippen molar-refractivity contribution in [3.05, 3.63) is 53.1 Å². The maximum atomic E-state index is 11.6. The second kappa shape index (κ2) is 5.07. The van der Waals surface area contributed by atoms with Crippen LogP contribution in [0, 0.1) is 0 Å². The maximum Gasteiger partial charge on any atom is 0.259 e.